The van der Waals surface area contributed by atoms with E-state index in [-0.39, 0.29) is 12.1 Å². The zero-order valence-corrected chi connectivity index (χ0v) is 14.5. The number of nitrogens with zero attached hydrogens (tertiary/aromatic N) is 1. The number of hydrogen-bond acceptors (Lipinski definition) is 4. The van der Waals surface area contributed by atoms with Crippen LogP contribution in [-0.4, -0.2) is 18.2 Å². The summed E-state index contributed by atoms with van der Waals surface area (Å²) in [7, 11) is 0. The number of nitrogens with one attached hydrogen (secondary N) is 1. The molecule has 3 aromatic rings. The Bertz CT molecular complexity index is 776. The average Bonchev–Trinajstić information content (AvgIpc) is 3.31. The Kier molecular flexibility index (Phi) is 4.81. The maximum Gasteiger partial charge on any atom is 0.212 e. The van der Waals surface area contributed by atoms with Crippen LogP contribution in [0.3, 0.4) is 0 Å². The van der Waals surface area contributed by atoms with Gasteiger partial charge in [-0.05, 0) is 43.4 Å². The Labute approximate surface area is 148 Å². The summed E-state index contributed by atoms with van der Waals surface area (Å²) in [6.07, 6.45) is 2.21. The molecule has 1 saturated heterocycles. The van der Waals surface area contributed by atoms with E-state index >= 15 is 0 Å². The highest BCUT2D eigenvalue weighted by Gasteiger charge is 2.24. The molecule has 4 heteroatoms. The number of hydrogen-bond donors (Lipinski definition) is 1. The molecule has 2 aromatic carbocycles. The maximum atomic E-state index is 5.94. The van der Waals surface area contributed by atoms with Gasteiger partial charge >= 0.3 is 0 Å². The summed E-state index contributed by atoms with van der Waals surface area (Å²) in [6, 6.07) is 18.8. The van der Waals surface area contributed by atoms with Crippen LogP contribution in [0.1, 0.15) is 43.3 Å². The lowest BCUT2D eigenvalue weighted by Gasteiger charge is -2.24. The fourth-order valence-corrected chi connectivity index (χ4v) is 3.54. The van der Waals surface area contributed by atoms with E-state index < -0.39 is 0 Å². The van der Waals surface area contributed by atoms with E-state index in [1.54, 1.807) is 0 Å². The number of aromatic nitrogens is 1. The largest absolute Gasteiger partial charge is 0.439 e. The van der Waals surface area contributed by atoms with Gasteiger partial charge in [0.1, 0.15) is 5.52 Å². The van der Waals surface area contributed by atoms with Gasteiger partial charge in [0.05, 0.1) is 6.04 Å². The third kappa shape index (κ3) is 3.75. The van der Waals surface area contributed by atoms with E-state index in [4.69, 9.17) is 9.15 Å². The maximum absolute atomic E-state index is 5.94. The van der Waals surface area contributed by atoms with Gasteiger partial charge in [-0.15, -0.1) is 0 Å². The minimum absolute atomic E-state index is 0.0416. The summed E-state index contributed by atoms with van der Waals surface area (Å²) in [6.45, 7) is 3.86. The molecule has 4 nitrogen and oxygen atoms in total. The molecule has 0 saturated carbocycles. The van der Waals surface area contributed by atoms with Crippen molar-refractivity contribution in [2.75, 3.05) is 13.2 Å². The van der Waals surface area contributed by atoms with E-state index in [0.717, 1.165) is 43.0 Å². The van der Waals surface area contributed by atoms with Gasteiger partial charge in [0.25, 0.3) is 0 Å². The van der Waals surface area contributed by atoms with Gasteiger partial charge in [0, 0.05) is 19.3 Å². The van der Waals surface area contributed by atoms with Crippen LogP contribution in [0.25, 0.3) is 11.1 Å². The molecule has 1 aromatic heterocycles. The molecule has 130 valence electrons. The highest BCUT2D eigenvalue weighted by atomic mass is 16.5. The van der Waals surface area contributed by atoms with Gasteiger partial charge in [-0.2, -0.15) is 0 Å². The van der Waals surface area contributed by atoms with Crippen molar-refractivity contribution in [1.82, 2.24) is 10.3 Å². The fourth-order valence-electron chi connectivity index (χ4n) is 3.54. The van der Waals surface area contributed by atoms with Crippen molar-refractivity contribution in [2.24, 2.45) is 5.92 Å². The third-order valence-corrected chi connectivity index (χ3v) is 4.93. The molecule has 2 heterocycles. The smallest absolute Gasteiger partial charge is 0.212 e. The second-order valence-electron chi connectivity index (χ2n) is 6.84. The van der Waals surface area contributed by atoms with Crippen LogP contribution in [0, 0.1) is 5.92 Å². The molecular weight excluding hydrogens is 312 g/mol. The zero-order valence-electron chi connectivity index (χ0n) is 14.5. The SMILES string of the molecule is CC(NC(CC1CCOC1)c1ccccc1)c1nc2ccccc2o1. The molecule has 0 spiro atoms. The number of para-hydroxylation sites is 2. The predicted molar refractivity (Wildman–Crippen MR) is 98.3 cm³/mol. The molecule has 25 heavy (non-hydrogen) atoms. The number of oxazole rings is 1. The van der Waals surface area contributed by atoms with Gasteiger partial charge < -0.3 is 9.15 Å². The van der Waals surface area contributed by atoms with Crippen LogP contribution in [0.4, 0.5) is 0 Å². The molecule has 0 amide bonds. The first-order chi connectivity index (χ1) is 12.3. The minimum atomic E-state index is 0.0416. The fraction of sp³-hybridized carbons (Fsp3) is 0.381. The summed E-state index contributed by atoms with van der Waals surface area (Å²) in [4.78, 5) is 4.64. The number of fused-ring (bicyclic) bond motifs is 1. The predicted octanol–water partition coefficient (Wildman–Crippen LogP) is 4.65. The molecule has 1 N–H and O–H groups in total. The van der Waals surface area contributed by atoms with Crippen LogP contribution in [0.2, 0.25) is 0 Å². The summed E-state index contributed by atoms with van der Waals surface area (Å²) in [5.41, 5.74) is 3.05. The van der Waals surface area contributed by atoms with Crippen molar-refractivity contribution in [2.45, 2.75) is 31.8 Å². The van der Waals surface area contributed by atoms with Crippen LogP contribution < -0.4 is 5.32 Å². The van der Waals surface area contributed by atoms with Crippen LogP contribution >= 0.6 is 0 Å². The lowest BCUT2D eigenvalue weighted by molar-refractivity contribution is 0.180. The van der Waals surface area contributed by atoms with E-state index in [1.165, 1.54) is 5.56 Å². The quantitative estimate of drug-likeness (QED) is 0.712. The molecule has 1 aliphatic heterocycles. The Morgan fingerprint density at radius 2 is 1.92 bits per heavy atom. The highest BCUT2D eigenvalue weighted by Crippen LogP contribution is 2.29. The topological polar surface area (TPSA) is 47.3 Å². The van der Waals surface area contributed by atoms with Crippen LogP contribution in [-0.2, 0) is 4.74 Å². The van der Waals surface area contributed by atoms with E-state index in [0.29, 0.717) is 5.92 Å². The molecule has 3 atom stereocenters. The van der Waals surface area contributed by atoms with Gasteiger partial charge in [-0.1, -0.05) is 42.5 Å². The summed E-state index contributed by atoms with van der Waals surface area (Å²) < 4.78 is 11.5. The van der Waals surface area contributed by atoms with Crippen LogP contribution in [0.15, 0.2) is 59.0 Å². The van der Waals surface area contributed by atoms with Crippen molar-refractivity contribution < 1.29 is 9.15 Å². The molecule has 4 rings (SSSR count). The lowest BCUT2D eigenvalue weighted by atomic mass is 9.93. The second kappa shape index (κ2) is 7.38. The third-order valence-electron chi connectivity index (χ3n) is 4.93. The molecule has 0 radical (unpaired) electrons. The van der Waals surface area contributed by atoms with Crippen molar-refractivity contribution in [3.63, 3.8) is 0 Å². The Balaban J connectivity index is 1.54. The normalized spacial score (nSPS) is 20.0. The van der Waals surface area contributed by atoms with Gasteiger partial charge in [0.15, 0.2) is 5.58 Å². The van der Waals surface area contributed by atoms with E-state index in [2.05, 4.69) is 47.6 Å². The lowest BCUT2D eigenvalue weighted by Crippen LogP contribution is -2.27. The Hall–Kier alpha value is -2.17. The number of ether oxygens (including phenoxy) is 1. The monoisotopic (exact) mass is 336 g/mol. The molecule has 3 unspecified atom stereocenters. The molecular formula is C21H24N2O2. The Morgan fingerprint density at radius 1 is 1.12 bits per heavy atom. The van der Waals surface area contributed by atoms with Crippen molar-refractivity contribution >= 4 is 11.1 Å². The standard InChI is InChI=1S/C21H24N2O2/c1-15(21-23-18-9-5-6-10-20(18)25-21)22-19(13-16-11-12-24-14-16)17-7-3-2-4-8-17/h2-10,15-16,19,22H,11-14H2,1H3. The van der Waals surface area contributed by atoms with E-state index in [1.807, 2.05) is 24.3 Å². The van der Waals surface area contributed by atoms with E-state index in [9.17, 15) is 0 Å². The van der Waals surface area contributed by atoms with Crippen molar-refractivity contribution in [1.29, 1.82) is 0 Å². The molecule has 1 fully saturated rings. The van der Waals surface area contributed by atoms with Gasteiger partial charge in [-0.25, -0.2) is 4.98 Å². The number of rotatable bonds is 6. The Morgan fingerprint density at radius 3 is 2.68 bits per heavy atom. The minimum Gasteiger partial charge on any atom is -0.439 e. The zero-order chi connectivity index (χ0) is 17.1. The summed E-state index contributed by atoms with van der Waals surface area (Å²) in [5.74, 6) is 1.35. The summed E-state index contributed by atoms with van der Waals surface area (Å²) in [5, 5.41) is 3.73. The first-order valence-electron chi connectivity index (χ1n) is 9.04. The average molecular weight is 336 g/mol. The molecule has 0 bridgehead atoms. The molecule has 0 aliphatic carbocycles. The highest BCUT2D eigenvalue weighted by molar-refractivity contribution is 5.72. The van der Waals surface area contributed by atoms with Gasteiger partial charge in [-0.3, -0.25) is 5.32 Å². The van der Waals surface area contributed by atoms with Crippen molar-refractivity contribution in [3.8, 4) is 0 Å². The molecule has 1 aliphatic rings. The second-order valence-corrected chi connectivity index (χ2v) is 6.84. The first-order valence-corrected chi connectivity index (χ1v) is 9.04. The van der Waals surface area contributed by atoms with Crippen LogP contribution in [0.5, 0.6) is 0 Å². The summed E-state index contributed by atoms with van der Waals surface area (Å²) >= 11 is 0. The van der Waals surface area contributed by atoms with Crippen molar-refractivity contribution in [3.05, 3.63) is 66.1 Å². The first kappa shape index (κ1) is 16.3. The number of benzene rings is 2. The van der Waals surface area contributed by atoms with Gasteiger partial charge in [0.2, 0.25) is 5.89 Å².